The summed E-state index contributed by atoms with van der Waals surface area (Å²) in [7, 11) is 3.84. The average molecular weight is 415 g/mol. The third-order valence-corrected chi connectivity index (χ3v) is 5.66. The first-order chi connectivity index (χ1) is 12.5. The fraction of sp³-hybridized carbons (Fsp3) is 0.400. The van der Waals surface area contributed by atoms with Gasteiger partial charge < -0.3 is 14.7 Å². The van der Waals surface area contributed by atoms with Gasteiger partial charge in [-0.1, -0.05) is 18.2 Å². The van der Waals surface area contributed by atoms with Crippen LogP contribution in [0.1, 0.15) is 22.3 Å². The van der Waals surface area contributed by atoms with Crippen LogP contribution in [0.4, 0.5) is 11.5 Å². The minimum absolute atomic E-state index is 0.0697. The van der Waals surface area contributed by atoms with Crippen LogP contribution < -0.4 is 9.80 Å². The third-order valence-electron chi connectivity index (χ3n) is 5.23. The molecule has 1 aromatic heterocycles. The van der Waals surface area contributed by atoms with Crippen molar-refractivity contribution in [3.8, 4) is 0 Å². The van der Waals surface area contributed by atoms with Gasteiger partial charge in [0.25, 0.3) is 5.91 Å². The summed E-state index contributed by atoms with van der Waals surface area (Å²) < 4.78 is 0.830. The molecular formula is C20H23BrN4O. The summed E-state index contributed by atoms with van der Waals surface area (Å²) >= 11 is 3.46. The number of pyridine rings is 1. The zero-order valence-corrected chi connectivity index (χ0v) is 16.7. The number of carbonyl (C=O) groups is 1. The molecule has 0 spiro atoms. The molecule has 1 saturated heterocycles. The van der Waals surface area contributed by atoms with Crippen molar-refractivity contribution in [1.82, 2.24) is 9.88 Å². The molecular weight excluding hydrogens is 392 g/mol. The van der Waals surface area contributed by atoms with Crippen molar-refractivity contribution in [3.05, 3.63) is 52.1 Å². The van der Waals surface area contributed by atoms with Crippen molar-refractivity contribution in [2.24, 2.45) is 0 Å². The lowest BCUT2D eigenvalue weighted by atomic mass is 10.1. The predicted molar refractivity (Wildman–Crippen MR) is 108 cm³/mol. The number of anilines is 2. The molecule has 1 amide bonds. The Morgan fingerprint density at radius 3 is 2.88 bits per heavy atom. The van der Waals surface area contributed by atoms with Crippen molar-refractivity contribution in [1.29, 1.82) is 0 Å². The highest BCUT2D eigenvalue weighted by molar-refractivity contribution is 9.10. The van der Waals surface area contributed by atoms with Gasteiger partial charge in [-0.2, -0.15) is 0 Å². The van der Waals surface area contributed by atoms with E-state index in [0.717, 1.165) is 36.9 Å². The number of fused-ring (bicyclic) bond motifs is 3. The molecule has 2 aliphatic rings. The molecule has 0 bridgehead atoms. The zero-order chi connectivity index (χ0) is 18.3. The molecule has 0 N–H and O–H groups in total. The van der Waals surface area contributed by atoms with E-state index < -0.39 is 0 Å². The van der Waals surface area contributed by atoms with Crippen molar-refractivity contribution in [2.45, 2.75) is 18.9 Å². The molecule has 4 rings (SSSR count). The van der Waals surface area contributed by atoms with Gasteiger partial charge in [0.1, 0.15) is 5.82 Å². The van der Waals surface area contributed by atoms with Gasteiger partial charge in [0.2, 0.25) is 0 Å². The van der Waals surface area contributed by atoms with Crippen LogP contribution >= 0.6 is 15.9 Å². The number of amides is 1. The van der Waals surface area contributed by atoms with Gasteiger partial charge in [-0.15, -0.1) is 0 Å². The zero-order valence-electron chi connectivity index (χ0n) is 15.2. The Morgan fingerprint density at radius 2 is 2.08 bits per heavy atom. The van der Waals surface area contributed by atoms with E-state index in [1.54, 1.807) is 6.20 Å². The maximum Gasteiger partial charge on any atom is 0.257 e. The van der Waals surface area contributed by atoms with Crippen molar-refractivity contribution in [2.75, 3.05) is 43.5 Å². The molecule has 1 atom stereocenters. The van der Waals surface area contributed by atoms with E-state index in [4.69, 9.17) is 0 Å². The molecule has 3 heterocycles. The number of benzene rings is 1. The first-order valence-electron chi connectivity index (χ1n) is 9.01. The Balaban J connectivity index is 1.60. The summed E-state index contributed by atoms with van der Waals surface area (Å²) in [5.74, 6) is 0.786. The first kappa shape index (κ1) is 17.3. The lowest BCUT2D eigenvalue weighted by molar-refractivity contribution is 0.0756. The number of hydrogen-bond donors (Lipinski definition) is 0. The monoisotopic (exact) mass is 414 g/mol. The summed E-state index contributed by atoms with van der Waals surface area (Å²) in [5, 5.41) is 0. The molecule has 2 aliphatic heterocycles. The van der Waals surface area contributed by atoms with Gasteiger partial charge in [0.15, 0.2) is 0 Å². The second-order valence-electron chi connectivity index (χ2n) is 7.20. The maximum absolute atomic E-state index is 13.3. The van der Waals surface area contributed by atoms with Gasteiger partial charge in [-0.3, -0.25) is 4.79 Å². The molecule has 0 radical (unpaired) electrons. The fourth-order valence-electron chi connectivity index (χ4n) is 4.07. The summed E-state index contributed by atoms with van der Waals surface area (Å²) in [5.41, 5.74) is 3.39. The highest BCUT2D eigenvalue weighted by Gasteiger charge is 2.34. The summed E-state index contributed by atoms with van der Waals surface area (Å²) in [4.78, 5) is 24.1. The van der Waals surface area contributed by atoms with Crippen LogP contribution in [0.3, 0.4) is 0 Å². The van der Waals surface area contributed by atoms with Gasteiger partial charge in [-0.05, 0) is 46.5 Å². The molecule has 5 nitrogen and oxygen atoms in total. The largest absolute Gasteiger partial charge is 0.366 e. The number of aromatic nitrogens is 1. The maximum atomic E-state index is 13.3. The Bertz CT molecular complexity index is 838. The quantitative estimate of drug-likeness (QED) is 0.756. The SMILES string of the molecule is CN(C)c1ncc(Br)cc1C(=O)N1CCCN2c3ccccc3C[C@@H]2C1. The van der Waals surface area contributed by atoms with Crippen molar-refractivity contribution < 1.29 is 4.79 Å². The van der Waals surface area contributed by atoms with Crippen LogP contribution in [0.15, 0.2) is 41.0 Å². The van der Waals surface area contributed by atoms with Crippen LogP contribution in [0, 0.1) is 0 Å². The molecule has 0 unspecified atom stereocenters. The minimum Gasteiger partial charge on any atom is -0.366 e. The molecule has 1 fully saturated rings. The van der Waals surface area contributed by atoms with E-state index >= 15 is 0 Å². The van der Waals surface area contributed by atoms with E-state index in [9.17, 15) is 4.79 Å². The number of halogens is 1. The smallest absolute Gasteiger partial charge is 0.257 e. The number of hydrogen-bond acceptors (Lipinski definition) is 4. The normalized spacial score (nSPS) is 19.0. The van der Waals surface area contributed by atoms with Crippen LogP contribution in [-0.2, 0) is 6.42 Å². The number of nitrogens with zero attached hydrogens (tertiary/aromatic N) is 4. The van der Waals surface area contributed by atoms with Crippen LogP contribution in [0.25, 0.3) is 0 Å². The van der Waals surface area contributed by atoms with E-state index in [1.165, 1.54) is 11.3 Å². The first-order valence-corrected chi connectivity index (χ1v) is 9.80. The molecule has 26 heavy (non-hydrogen) atoms. The van der Waals surface area contributed by atoms with E-state index in [2.05, 4.69) is 50.1 Å². The standard InChI is InChI=1S/C20H23BrN4O/c1-23(2)19-17(11-15(21)12-22-19)20(26)24-8-5-9-25-16(13-24)10-14-6-3-4-7-18(14)25/h3-4,6-7,11-12,16H,5,8-10,13H2,1-2H3/t16-/m1/s1. The highest BCUT2D eigenvalue weighted by atomic mass is 79.9. The third kappa shape index (κ3) is 3.07. The molecule has 136 valence electrons. The average Bonchev–Trinajstić information content (AvgIpc) is 2.83. The summed E-state index contributed by atoms with van der Waals surface area (Å²) in [6, 6.07) is 10.9. The number of para-hydroxylation sites is 1. The highest BCUT2D eigenvalue weighted by Crippen LogP contribution is 2.34. The molecule has 6 heteroatoms. The number of carbonyl (C=O) groups excluding carboxylic acids is 1. The molecule has 0 saturated carbocycles. The van der Waals surface area contributed by atoms with Gasteiger partial charge >= 0.3 is 0 Å². The Hall–Kier alpha value is -2.08. The molecule has 1 aromatic carbocycles. The van der Waals surface area contributed by atoms with Crippen LogP contribution in [0.2, 0.25) is 0 Å². The topological polar surface area (TPSA) is 39.7 Å². The second kappa shape index (κ2) is 6.91. The minimum atomic E-state index is 0.0697. The lowest BCUT2D eigenvalue weighted by Gasteiger charge is -2.28. The van der Waals surface area contributed by atoms with Crippen molar-refractivity contribution >= 4 is 33.3 Å². The van der Waals surface area contributed by atoms with Gasteiger partial charge in [0.05, 0.1) is 11.6 Å². The predicted octanol–water partition coefficient (Wildman–Crippen LogP) is 3.19. The Morgan fingerprint density at radius 1 is 1.27 bits per heavy atom. The Kier molecular flexibility index (Phi) is 4.61. The Labute approximate surface area is 162 Å². The van der Waals surface area contributed by atoms with E-state index in [0.29, 0.717) is 17.4 Å². The number of rotatable bonds is 2. The summed E-state index contributed by atoms with van der Waals surface area (Å²) in [6.45, 7) is 2.54. The molecule has 2 aromatic rings. The molecule has 0 aliphatic carbocycles. The second-order valence-corrected chi connectivity index (χ2v) is 8.12. The van der Waals surface area contributed by atoms with Crippen molar-refractivity contribution in [3.63, 3.8) is 0 Å². The van der Waals surface area contributed by atoms with E-state index in [-0.39, 0.29) is 5.91 Å². The summed E-state index contributed by atoms with van der Waals surface area (Å²) in [6.07, 6.45) is 3.73. The van der Waals surface area contributed by atoms with E-state index in [1.807, 2.05) is 30.0 Å². The lowest BCUT2D eigenvalue weighted by Crippen LogP contribution is -2.41. The van der Waals surface area contributed by atoms with Gasteiger partial charge in [-0.25, -0.2) is 4.98 Å². The van der Waals surface area contributed by atoms with Crippen LogP contribution in [-0.4, -0.2) is 55.6 Å². The van der Waals surface area contributed by atoms with Gasteiger partial charge in [0, 0.05) is 50.1 Å². The fourth-order valence-corrected chi connectivity index (χ4v) is 4.40. The van der Waals surface area contributed by atoms with Crippen LogP contribution in [0.5, 0.6) is 0 Å².